The van der Waals surface area contributed by atoms with Crippen LogP contribution in [0.3, 0.4) is 0 Å². The van der Waals surface area contributed by atoms with E-state index in [4.69, 9.17) is 4.74 Å². The number of carbonyl (C=O) groups excluding carboxylic acids is 1. The fourth-order valence-electron chi connectivity index (χ4n) is 2.89. The Morgan fingerprint density at radius 3 is 2.67 bits per heavy atom. The first kappa shape index (κ1) is 15.7. The van der Waals surface area contributed by atoms with Gasteiger partial charge in [0.05, 0.1) is 13.2 Å². The van der Waals surface area contributed by atoms with Crippen molar-refractivity contribution in [3.05, 3.63) is 0 Å². The topological polar surface area (TPSA) is 41.6 Å². The van der Waals surface area contributed by atoms with E-state index in [1.54, 1.807) is 0 Å². The molecule has 2 aliphatic rings. The molecule has 18 heavy (non-hydrogen) atoms. The van der Waals surface area contributed by atoms with Crippen molar-refractivity contribution in [3.8, 4) is 0 Å². The monoisotopic (exact) mass is 276 g/mol. The summed E-state index contributed by atoms with van der Waals surface area (Å²) in [7, 11) is 0. The standard InChI is InChI=1S/C13H24N2O2.ClH/c1-3-13(4-2)5-7-15(10-13)12(16)11-9-17-8-6-14-11;/h11,14H,3-10H2,1-2H3;1H. The summed E-state index contributed by atoms with van der Waals surface area (Å²) in [5, 5.41) is 3.24. The van der Waals surface area contributed by atoms with Gasteiger partial charge in [0, 0.05) is 19.6 Å². The van der Waals surface area contributed by atoms with Gasteiger partial charge in [0.1, 0.15) is 6.04 Å². The van der Waals surface area contributed by atoms with E-state index in [0.29, 0.717) is 12.0 Å². The minimum atomic E-state index is -0.117. The number of nitrogens with zero attached hydrogens (tertiary/aromatic N) is 1. The summed E-state index contributed by atoms with van der Waals surface area (Å²) in [5.74, 6) is 0.230. The fourth-order valence-corrected chi connectivity index (χ4v) is 2.89. The van der Waals surface area contributed by atoms with Crippen molar-refractivity contribution in [2.45, 2.75) is 39.2 Å². The maximum Gasteiger partial charge on any atom is 0.242 e. The number of halogens is 1. The molecule has 2 fully saturated rings. The fraction of sp³-hybridized carbons (Fsp3) is 0.923. The predicted molar refractivity (Wildman–Crippen MR) is 74.1 cm³/mol. The van der Waals surface area contributed by atoms with Crippen molar-refractivity contribution >= 4 is 18.3 Å². The van der Waals surface area contributed by atoms with Crippen LogP contribution in [-0.4, -0.2) is 49.7 Å². The number of likely N-dealkylation sites (tertiary alicyclic amines) is 1. The second-order valence-electron chi connectivity index (χ2n) is 5.30. The van der Waals surface area contributed by atoms with E-state index in [9.17, 15) is 4.79 Å². The van der Waals surface area contributed by atoms with Gasteiger partial charge in [0.15, 0.2) is 0 Å². The summed E-state index contributed by atoms with van der Waals surface area (Å²) in [6.45, 7) is 8.35. The van der Waals surface area contributed by atoms with Crippen LogP contribution < -0.4 is 5.32 Å². The molecule has 0 aromatic rings. The molecule has 1 amide bonds. The molecule has 2 aliphatic heterocycles. The van der Waals surface area contributed by atoms with Crippen LogP contribution in [0, 0.1) is 5.41 Å². The van der Waals surface area contributed by atoms with Crippen LogP contribution in [0.1, 0.15) is 33.1 Å². The largest absolute Gasteiger partial charge is 0.378 e. The molecule has 4 nitrogen and oxygen atoms in total. The summed E-state index contributed by atoms with van der Waals surface area (Å²) in [5.41, 5.74) is 0.366. The number of morpholine rings is 1. The molecule has 5 heteroatoms. The third-order valence-corrected chi connectivity index (χ3v) is 4.47. The van der Waals surface area contributed by atoms with E-state index >= 15 is 0 Å². The third-order valence-electron chi connectivity index (χ3n) is 4.47. The first-order valence-electron chi connectivity index (χ1n) is 6.81. The highest BCUT2D eigenvalue weighted by atomic mass is 35.5. The van der Waals surface area contributed by atoms with Crippen LogP contribution in [0.2, 0.25) is 0 Å². The van der Waals surface area contributed by atoms with Crippen molar-refractivity contribution < 1.29 is 9.53 Å². The van der Waals surface area contributed by atoms with Crippen LogP contribution in [0.25, 0.3) is 0 Å². The molecule has 106 valence electrons. The Balaban J connectivity index is 0.00000162. The van der Waals surface area contributed by atoms with Gasteiger partial charge in [-0.05, 0) is 24.7 Å². The molecule has 0 spiro atoms. The maximum absolute atomic E-state index is 12.3. The summed E-state index contributed by atoms with van der Waals surface area (Å²) in [4.78, 5) is 14.3. The molecule has 0 aromatic heterocycles. The molecule has 0 saturated carbocycles. The minimum Gasteiger partial charge on any atom is -0.378 e. The van der Waals surface area contributed by atoms with Crippen molar-refractivity contribution in [2.24, 2.45) is 5.41 Å². The number of ether oxygens (including phenoxy) is 1. The van der Waals surface area contributed by atoms with E-state index in [0.717, 1.165) is 32.7 Å². The highest BCUT2D eigenvalue weighted by Gasteiger charge is 2.39. The van der Waals surface area contributed by atoms with Crippen molar-refractivity contribution in [1.82, 2.24) is 10.2 Å². The number of hydrogen-bond acceptors (Lipinski definition) is 3. The number of nitrogens with one attached hydrogen (secondary N) is 1. The van der Waals surface area contributed by atoms with Crippen LogP contribution in [0.15, 0.2) is 0 Å². The second-order valence-corrected chi connectivity index (χ2v) is 5.30. The first-order chi connectivity index (χ1) is 8.21. The highest BCUT2D eigenvalue weighted by molar-refractivity contribution is 5.85. The van der Waals surface area contributed by atoms with Crippen LogP contribution in [-0.2, 0) is 9.53 Å². The van der Waals surface area contributed by atoms with Crippen LogP contribution in [0.4, 0.5) is 0 Å². The molecule has 0 aliphatic carbocycles. The second kappa shape index (κ2) is 6.73. The Morgan fingerprint density at radius 1 is 1.44 bits per heavy atom. The highest BCUT2D eigenvalue weighted by Crippen LogP contribution is 2.37. The minimum absolute atomic E-state index is 0. The quantitative estimate of drug-likeness (QED) is 0.848. The molecule has 0 bridgehead atoms. The lowest BCUT2D eigenvalue weighted by atomic mass is 9.82. The van der Waals surface area contributed by atoms with Crippen molar-refractivity contribution in [2.75, 3.05) is 32.8 Å². The lowest BCUT2D eigenvalue weighted by Crippen LogP contribution is -2.52. The number of hydrogen-bond donors (Lipinski definition) is 1. The van der Waals surface area contributed by atoms with E-state index in [1.807, 2.05) is 4.90 Å². The molecule has 1 unspecified atom stereocenters. The third kappa shape index (κ3) is 3.16. The van der Waals surface area contributed by atoms with Gasteiger partial charge < -0.3 is 15.0 Å². The number of amides is 1. The van der Waals surface area contributed by atoms with Gasteiger partial charge in [0.25, 0.3) is 0 Å². The molecule has 0 radical (unpaired) electrons. The van der Waals surface area contributed by atoms with Gasteiger partial charge in [-0.1, -0.05) is 13.8 Å². The molecule has 0 aromatic carbocycles. The van der Waals surface area contributed by atoms with Gasteiger partial charge in [-0.3, -0.25) is 4.79 Å². The smallest absolute Gasteiger partial charge is 0.242 e. The Hall–Kier alpha value is -0.320. The first-order valence-corrected chi connectivity index (χ1v) is 6.81. The van der Waals surface area contributed by atoms with E-state index in [1.165, 1.54) is 12.8 Å². The summed E-state index contributed by atoms with van der Waals surface area (Å²) < 4.78 is 5.36. The van der Waals surface area contributed by atoms with Crippen LogP contribution >= 0.6 is 12.4 Å². The Labute approximate surface area is 116 Å². The molecule has 2 saturated heterocycles. The average Bonchev–Trinajstić information content (AvgIpc) is 2.84. The molecular weight excluding hydrogens is 252 g/mol. The van der Waals surface area contributed by atoms with Crippen molar-refractivity contribution in [3.63, 3.8) is 0 Å². The maximum atomic E-state index is 12.3. The normalized spacial score (nSPS) is 26.8. The molecular formula is C13H25ClN2O2. The van der Waals surface area contributed by atoms with Crippen LogP contribution in [0.5, 0.6) is 0 Å². The molecule has 2 heterocycles. The predicted octanol–water partition coefficient (Wildman–Crippen LogP) is 1.44. The lowest BCUT2D eigenvalue weighted by molar-refractivity contribution is -0.135. The van der Waals surface area contributed by atoms with Gasteiger partial charge >= 0.3 is 0 Å². The van der Waals surface area contributed by atoms with E-state index < -0.39 is 0 Å². The average molecular weight is 277 g/mol. The van der Waals surface area contributed by atoms with Gasteiger partial charge in [-0.15, -0.1) is 12.4 Å². The SMILES string of the molecule is CCC1(CC)CCN(C(=O)C2COCCN2)C1.Cl. The zero-order valence-electron chi connectivity index (χ0n) is 11.4. The zero-order chi connectivity index (χ0) is 12.3. The zero-order valence-corrected chi connectivity index (χ0v) is 12.2. The van der Waals surface area contributed by atoms with Crippen molar-refractivity contribution in [1.29, 1.82) is 0 Å². The molecule has 1 N–H and O–H groups in total. The Bertz CT molecular complexity index is 276. The summed E-state index contributed by atoms with van der Waals surface area (Å²) >= 11 is 0. The summed E-state index contributed by atoms with van der Waals surface area (Å²) in [6, 6.07) is -0.117. The summed E-state index contributed by atoms with van der Waals surface area (Å²) in [6.07, 6.45) is 3.49. The molecule has 1 atom stereocenters. The van der Waals surface area contributed by atoms with Gasteiger partial charge in [0.2, 0.25) is 5.91 Å². The lowest BCUT2D eigenvalue weighted by Gasteiger charge is -2.30. The van der Waals surface area contributed by atoms with Gasteiger partial charge in [-0.25, -0.2) is 0 Å². The molecule has 2 rings (SSSR count). The van der Waals surface area contributed by atoms with E-state index in [-0.39, 0.29) is 24.4 Å². The van der Waals surface area contributed by atoms with Gasteiger partial charge in [-0.2, -0.15) is 0 Å². The number of rotatable bonds is 3. The Morgan fingerprint density at radius 2 is 2.17 bits per heavy atom. The number of carbonyl (C=O) groups is 1. The Kier molecular flexibility index (Phi) is 5.89. The van der Waals surface area contributed by atoms with E-state index in [2.05, 4.69) is 19.2 Å².